The number of alkyl halides is 2. The molecule has 0 aliphatic rings. The second-order valence-electron chi connectivity index (χ2n) is 4.61. The molecule has 1 heterocycles. The summed E-state index contributed by atoms with van der Waals surface area (Å²) < 4.78 is 10.5. The Morgan fingerprint density at radius 3 is 2.52 bits per heavy atom. The van der Waals surface area contributed by atoms with Crippen molar-refractivity contribution in [1.29, 1.82) is 0 Å². The molecule has 1 aromatic carbocycles. The van der Waals surface area contributed by atoms with Crippen LogP contribution in [0.1, 0.15) is 5.56 Å². The van der Waals surface area contributed by atoms with Crippen LogP contribution in [0.15, 0.2) is 33.5 Å². The summed E-state index contributed by atoms with van der Waals surface area (Å²) in [4.78, 5) is 13.8. The van der Waals surface area contributed by atoms with Crippen LogP contribution in [0.2, 0.25) is 0 Å². The van der Waals surface area contributed by atoms with E-state index in [4.69, 9.17) is 32.4 Å². The molecule has 0 bridgehead atoms. The quantitative estimate of drug-likeness (QED) is 0.578. The fraction of sp³-hybridized carbons (Fsp3) is 0.400. The summed E-state index contributed by atoms with van der Waals surface area (Å²) in [5.41, 5.74) is 1.07. The van der Waals surface area contributed by atoms with Crippen molar-refractivity contribution in [3.05, 3.63) is 40.2 Å². The van der Waals surface area contributed by atoms with Gasteiger partial charge in [-0.15, -0.1) is 23.2 Å². The number of hydrogen-bond acceptors (Lipinski definition) is 4. The van der Waals surface area contributed by atoms with Gasteiger partial charge < -0.3 is 9.15 Å². The van der Waals surface area contributed by atoms with Gasteiger partial charge in [0.05, 0.1) is 7.11 Å². The molecule has 0 unspecified atom stereocenters. The zero-order chi connectivity index (χ0) is 15.2. The molecule has 0 fully saturated rings. The second kappa shape index (κ2) is 7.69. The Bertz CT molecular complexity index is 651. The lowest BCUT2D eigenvalue weighted by Gasteiger charge is -2.20. The number of methoxy groups -OCH3 is 1. The highest BCUT2D eigenvalue weighted by Crippen LogP contribution is 2.23. The molecule has 0 radical (unpaired) electrons. The smallest absolute Gasteiger partial charge is 0.336 e. The fourth-order valence-electron chi connectivity index (χ4n) is 2.21. The Hall–Kier alpha value is -1.23. The van der Waals surface area contributed by atoms with E-state index in [9.17, 15) is 4.79 Å². The largest absolute Gasteiger partial charge is 0.497 e. The third-order valence-corrected chi connectivity index (χ3v) is 3.57. The zero-order valence-corrected chi connectivity index (χ0v) is 13.3. The van der Waals surface area contributed by atoms with Gasteiger partial charge in [-0.25, -0.2) is 4.79 Å². The lowest BCUT2D eigenvalue weighted by molar-refractivity contribution is 0.300. The first-order valence-electron chi connectivity index (χ1n) is 6.63. The maximum absolute atomic E-state index is 11.7. The van der Waals surface area contributed by atoms with Crippen molar-refractivity contribution >= 4 is 34.2 Å². The number of fused-ring (bicyclic) bond motifs is 1. The number of nitrogens with zero attached hydrogens (tertiary/aromatic N) is 1. The lowest BCUT2D eigenvalue weighted by atomic mass is 10.1. The highest BCUT2D eigenvalue weighted by molar-refractivity contribution is 6.18. The SMILES string of the molecule is COc1ccc2oc(=O)cc(CN(CCCl)CCCl)c2c1. The van der Waals surface area contributed by atoms with Crippen LogP contribution in [0.25, 0.3) is 11.0 Å². The molecule has 21 heavy (non-hydrogen) atoms. The first kappa shape index (κ1) is 16.1. The summed E-state index contributed by atoms with van der Waals surface area (Å²) in [6, 6.07) is 6.89. The molecule has 0 aliphatic heterocycles. The van der Waals surface area contributed by atoms with Gasteiger partial charge >= 0.3 is 5.63 Å². The van der Waals surface area contributed by atoms with E-state index in [2.05, 4.69) is 4.90 Å². The summed E-state index contributed by atoms with van der Waals surface area (Å²) in [6.45, 7) is 2.01. The van der Waals surface area contributed by atoms with Crippen molar-refractivity contribution in [3.63, 3.8) is 0 Å². The van der Waals surface area contributed by atoms with Crippen LogP contribution < -0.4 is 10.4 Å². The number of ether oxygens (including phenoxy) is 1. The molecule has 0 saturated heterocycles. The zero-order valence-electron chi connectivity index (χ0n) is 11.8. The molecule has 0 N–H and O–H groups in total. The van der Waals surface area contributed by atoms with Crippen LogP contribution in [0.5, 0.6) is 5.75 Å². The average molecular weight is 330 g/mol. The van der Waals surface area contributed by atoms with E-state index in [1.807, 2.05) is 6.07 Å². The first-order valence-corrected chi connectivity index (χ1v) is 7.70. The van der Waals surface area contributed by atoms with E-state index < -0.39 is 0 Å². The van der Waals surface area contributed by atoms with E-state index in [1.165, 1.54) is 6.07 Å². The van der Waals surface area contributed by atoms with E-state index in [-0.39, 0.29) is 5.63 Å². The normalized spacial score (nSPS) is 11.2. The van der Waals surface area contributed by atoms with Crippen molar-refractivity contribution in [1.82, 2.24) is 4.90 Å². The Morgan fingerprint density at radius 1 is 1.19 bits per heavy atom. The van der Waals surface area contributed by atoms with Gasteiger partial charge in [-0.2, -0.15) is 0 Å². The summed E-state index contributed by atoms with van der Waals surface area (Å²) in [7, 11) is 1.60. The van der Waals surface area contributed by atoms with Crippen molar-refractivity contribution < 1.29 is 9.15 Å². The minimum absolute atomic E-state index is 0.362. The Balaban J connectivity index is 2.42. The number of benzene rings is 1. The molecule has 0 spiro atoms. The van der Waals surface area contributed by atoms with Crippen LogP contribution in [0, 0.1) is 0 Å². The summed E-state index contributed by atoms with van der Waals surface area (Å²) >= 11 is 11.6. The predicted octanol–water partition coefficient (Wildman–Crippen LogP) is 3.08. The van der Waals surface area contributed by atoms with E-state index in [0.29, 0.717) is 37.0 Å². The average Bonchev–Trinajstić information content (AvgIpc) is 2.47. The van der Waals surface area contributed by atoms with Crippen LogP contribution in [0.4, 0.5) is 0 Å². The Kier molecular flexibility index (Phi) is 5.91. The van der Waals surface area contributed by atoms with Crippen LogP contribution in [0.3, 0.4) is 0 Å². The maximum Gasteiger partial charge on any atom is 0.336 e. The second-order valence-corrected chi connectivity index (χ2v) is 5.36. The molecular formula is C15H17Cl2NO3. The topological polar surface area (TPSA) is 42.7 Å². The molecule has 2 aromatic rings. The molecular weight excluding hydrogens is 313 g/mol. The van der Waals surface area contributed by atoms with Crippen molar-refractivity contribution in [2.75, 3.05) is 32.0 Å². The van der Waals surface area contributed by atoms with Gasteiger partial charge in [0.25, 0.3) is 0 Å². The van der Waals surface area contributed by atoms with Crippen LogP contribution >= 0.6 is 23.2 Å². The van der Waals surface area contributed by atoms with Gasteiger partial charge in [0.15, 0.2) is 0 Å². The molecule has 0 aliphatic carbocycles. The fourth-order valence-corrected chi connectivity index (χ4v) is 2.69. The third kappa shape index (κ3) is 4.13. The molecule has 0 atom stereocenters. The summed E-state index contributed by atoms with van der Waals surface area (Å²) in [5.74, 6) is 1.75. The molecule has 6 heteroatoms. The Morgan fingerprint density at radius 2 is 1.90 bits per heavy atom. The van der Waals surface area contributed by atoms with Crippen LogP contribution in [-0.4, -0.2) is 36.9 Å². The molecule has 114 valence electrons. The molecule has 0 saturated carbocycles. The van der Waals surface area contributed by atoms with Crippen molar-refractivity contribution in [2.24, 2.45) is 0 Å². The molecule has 2 rings (SSSR count). The Labute approximate surface area is 133 Å². The van der Waals surface area contributed by atoms with E-state index in [0.717, 1.165) is 16.7 Å². The van der Waals surface area contributed by atoms with Crippen molar-refractivity contribution in [2.45, 2.75) is 6.54 Å². The van der Waals surface area contributed by atoms with E-state index in [1.54, 1.807) is 19.2 Å². The van der Waals surface area contributed by atoms with Gasteiger partial charge in [0.2, 0.25) is 0 Å². The van der Waals surface area contributed by atoms with E-state index >= 15 is 0 Å². The first-order chi connectivity index (χ1) is 10.2. The predicted molar refractivity (Wildman–Crippen MR) is 85.8 cm³/mol. The van der Waals surface area contributed by atoms with Crippen LogP contribution in [-0.2, 0) is 6.54 Å². The highest BCUT2D eigenvalue weighted by Gasteiger charge is 2.11. The minimum Gasteiger partial charge on any atom is -0.497 e. The number of halogens is 2. The number of rotatable bonds is 7. The monoisotopic (exact) mass is 329 g/mol. The minimum atomic E-state index is -0.362. The maximum atomic E-state index is 11.7. The van der Waals surface area contributed by atoms with Gasteiger partial charge in [-0.3, -0.25) is 4.90 Å². The summed E-state index contributed by atoms with van der Waals surface area (Å²) in [5, 5.41) is 0.864. The van der Waals surface area contributed by atoms with Gasteiger partial charge in [-0.1, -0.05) is 0 Å². The lowest BCUT2D eigenvalue weighted by Crippen LogP contribution is -2.28. The molecule has 0 amide bonds. The number of hydrogen-bond donors (Lipinski definition) is 0. The van der Waals surface area contributed by atoms with Crippen molar-refractivity contribution in [3.8, 4) is 5.75 Å². The van der Waals surface area contributed by atoms with Gasteiger partial charge in [0, 0.05) is 42.8 Å². The highest BCUT2D eigenvalue weighted by atomic mass is 35.5. The molecule has 4 nitrogen and oxygen atoms in total. The molecule has 1 aromatic heterocycles. The summed E-state index contributed by atoms with van der Waals surface area (Å²) in [6.07, 6.45) is 0. The third-order valence-electron chi connectivity index (χ3n) is 3.23. The van der Waals surface area contributed by atoms with Gasteiger partial charge in [-0.05, 0) is 23.8 Å². The standard InChI is InChI=1S/C15H17Cl2NO3/c1-20-12-2-3-14-13(9-12)11(8-15(19)21-14)10-18(6-4-16)7-5-17/h2-3,8-9H,4-7,10H2,1H3. The van der Waals surface area contributed by atoms with Gasteiger partial charge in [0.1, 0.15) is 11.3 Å².